The van der Waals surface area contributed by atoms with Crippen molar-refractivity contribution in [3.63, 3.8) is 0 Å². The van der Waals surface area contributed by atoms with Gasteiger partial charge in [-0.3, -0.25) is 0 Å². The predicted molar refractivity (Wildman–Crippen MR) is 78.4 cm³/mol. The van der Waals surface area contributed by atoms with Crippen LogP contribution in [0.25, 0.3) is 0 Å². The third-order valence-electron chi connectivity index (χ3n) is 3.79. The van der Waals surface area contributed by atoms with Crippen LogP contribution in [0.3, 0.4) is 0 Å². The Kier molecular flexibility index (Phi) is 4.91. The van der Waals surface area contributed by atoms with Crippen molar-refractivity contribution in [1.82, 2.24) is 5.32 Å². The van der Waals surface area contributed by atoms with Gasteiger partial charge in [0.1, 0.15) is 11.5 Å². The summed E-state index contributed by atoms with van der Waals surface area (Å²) in [6.07, 6.45) is 2.49. The molecule has 0 unspecified atom stereocenters. The molecule has 1 aromatic rings. The molecule has 0 saturated carbocycles. The summed E-state index contributed by atoms with van der Waals surface area (Å²) >= 11 is 0. The second-order valence-electron chi connectivity index (χ2n) is 5.11. The maximum Gasteiger partial charge on any atom is 0.142 e. The van der Waals surface area contributed by atoms with Crippen LogP contribution in [0.4, 0.5) is 5.69 Å². The summed E-state index contributed by atoms with van der Waals surface area (Å²) in [4.78, 5) is 2.28. The predicted octanol–water partition coefficient (Wildman–Crippen LogP) is 2.14. The molecule has 1 aromatic carbocycles. The molecule has 1 N–H and O–H groups in total. The summed E-state index contributed by atoms with van der Waals surface area (Å²) in [5.41, 5.74) is 1.10. The summed E-state index contributed by atoms with van der Waals surface area (Å²) in [5.74, 6) is 2.52. The molecule has 1 fully saturated rings. The standard InChI is InChI=1S/C15H24N2O2/c1-17(11-12-6-8-16-9-7-12)14-10-13(18-2)4-5-15(14)19-3/h4-5,10,12,16H,6-9,11H2,1-3H3. The van der Waals surface area contributed by atoms with Crippen molar-refractivity contribution in [3.8, 4) is 11.5 Å². The van der Waals surface area contributed by atoms with Crippen LogP contribution in [-0.2, 0) is 0 Å². The van der Waals surface area contributed by atoms with E-state index in [-0.39, 0.29) is 0 Å². The first-order chi connectivity index (χ1) is 9.24. The number of methoxy groups -OCH3 is 2. The number of nitrogens with zero attached hydrogens (tertiary/aromatic N) is 1. The van der Waals surface area contributed by atoms with E-state index in [2.05, 4.69) is 17.3 Å². The lowest BCUT2D eigenvalue weighted by molar-refractivity contribution is 0.374. The van der Waals surface area contributed by atoms with Crippen LogP contribution in [0.2, 0.25) is 0 Å². The van der Waals surface area contributed by atoms with Crippen molar-refractivity contribution < 1.29 is 9.47 Å². The number of benzene rings is 1. The highest BCUT2D eigenvalue weighted by molar-refractivity contribution is 5.61. The number of ether oxygens (including phenoxy) is 2. The Morgan fingerprint density at radius 1 is 1.21 bits per heavy atom. The Labute approximate surface area is 115 Å². The molecule has 0 radical (unpaired) electrons. The van der Waals surface area contributed by atoms with E-state index in [4.69, 9.17) is 9.47 Å². The number of rotatable bonds is 5. The minimum atomic E-state index is 0.752. The summed E-state index contributed by atoms with van der Waals surface area (Å²) in [5, 5.41) is 3.41. The Morgan fingerprint density at radius 2 is 1.95 bits per heavy atom. The van der Waals surface area contributed by atoms with Crippen molar-refractivity contribution in [2.24, 2.45) is 5.92 Å². The molecule has 2 rings (SSSR count). The van der Waals surface area contributed by atoms with Gasteiger partial charge in [0, 0.05) is 19.7 Å². The van der Waals surface area contributed by atoms with Gasteiger partial charge in [-0.25, -0.2) is 0 Å². The van der Waals surface area contributed by atoms with Crippen LogP contribution in [0, 0.1) is 5.92 Å². The first-order valence-electron chi connectivity index (χ1n) is 6.88. The van der Waals surface area contributed by atoms with E-state index in [0.29, 0.717) is 0 Å². The Morgan fingerprint density at radius 3 is 2.58 bits per heavy atom. The number of hydrogen-bond acceptors (Lipinski definition) is 4. The molecule has 0 amide bonds. The first kappa shape index (κ1) is 14.0. The second kappa shape index (κ2) is 6.66. The normalized spacial score (nSPS) is 16.2. The molecule has 0 spiro atoms. The van der Waals surface area contributed by atoms with E-state index in [9.17, 15) is 0 Å². The average molecular weight is 264 g/mol. The quantitative estimate of drug-likeness (QED) is 0.883. The van der Waals surface area contributed by atoms with Gasteiger partial charge in [-0.05, 0) is 44.0 Å². The average Bonchev–Trinajstić information content (AvgIpc) is 2.47. The number of anilines is 1. The van der Waals surface area contributed by atoms with Gasteiger partial charge in [-0.1, -0.05) is 0 Å². The highest BCUT2D eigenvalue weighted by Gasteiger charge is 2.17. The molecular formula is C15H24N2O2. The van der Waals surface area contributed by atoms with Gasteiger partial charge >= 0.3 is 0 Å². The van der Waals surface area contributed by atoms with Crippen LogP contribution in [-0.4, -0.2) is 40.9 Å². The molecule has 4 heteroatoms. The van der Waals surface area contributed by atoms with E-state index in [1.165, 1.54) is 12.8 Å². The number of hydrogen-bond donors (Lipinski definition) is 1. The van der Waals surface area contributed by atoms with Crippen LogP contribution >= 0.6 is 0 Å². The molecule has 0 atom stereocenters. The molecule has 1 aliphatic heterocycles. The second-order valence-corrected chi connectivity index (χ2v) is 5.11. The third kappa shape index (κ3) is 3.53. The highest BCUT2D eigenvalue weighted by atomic mass is 16.5. The summed E-state index contributed by atoms with van der Waals surface area (Å²) < 4.78 is 10.7. The molecule has 106 valence electrons. The largest absolute Gasteiger partial charge is 0.497 e. The number of piperidine rings is 1. The maximum atomic E-state index is 5.45. The topological polar surface area (TPSA) is 33.7 Å². The van der Waals surface area contributed by atoms with Gasteiger partial charge in [0.25, 0.3) is 0 Å². The van der Waals surface area contributed by atoms with E-state index < -0.39 is 0 Å². The SMILES string of the molecule is COc1ccc(OC)c(N(C)CC2CCNCC2)c1. The molecule has 1 saturated heterocycles. The number of nitrogens with one attached hydrogen (secondary N) is 1. The zero-order chi connectivity index (χ0) is 13.7. The van der Waals surface area contributed by atoms with Crippen molar-refractivity contribution in [2.75, 3.05) is 45.8 Å². The maximum absolute atomic E-state index is 5.45. The lowest BCUT2D eigenvalue weighted by atomic mass is 9.97. The Hall–Kier alpha value is -1.42. The fraction of sp³-hybridized carbons (Fsp3) is 0.600. The summed E-state index contributed by atoms with van der Waals surface area (Å²) in [7, 11) is 5.53. The minimum absolute atomic E-state index is 0.752. The van der Waals surface area contributed by atoms with Crippen LogP contribution in [0.1, 0.15) is 12.8 Å². The third-order valence-corrected chi connectivity index (χ3v) is 3.79. The molecule has 19 heavy (non-hydrogen) atoms. The van der Waals surface area contributed by atoms with Crippen molar-refractivity contribution in [3.05, 3.63) is 18.2 Å². The van der Waals surface area contributed by atoms with E-state index >= 15 is 0 Å². The van der Waals surface area contributed by atoms with Crippen molar-refractivity contribution >= 4 is 5.69 Å². The van der Waals surface area contributed by atoms with Gasteiger partial charge in [0.05, 0.1) is 19.9 Å². The molecule has 0 aliphatic carbocycles. The van der Waals surface area contributed by atoms with Gasteiger partial charge in [-0.2, -0.15) is 0 Å². The Bertz CT molecular complexity index is 403. The fourth-order valence-corrected chi connectivity index (χ4v) is 2.65. The fourth-order valence-electron chi connectivity index (χ4n) is 2.65. The van der Waals surface area contributed by atoms with Crippen LogP contribution < -0.4 is 19.7 Å². The minimum Gasteiger partial charge on any atom is -0.497 e. The van der Waals surface area contributed by atoms with E-state index in [0.717, 1.165) is 42.7 Å². The highest BCUT2D eigenvalue weighted by Crippen LogP contribution is 2.32. The van der Waals surface area contributed by atoms with E-state index in [1.807, 2.05) is 18.2 Å². The van der Waals surface area contributed by atoms with Crippen LogP contribution in [0.5, 0.6) is 11.5 Å². The molecule has 1 heterocycles. The van der Waals surface area contributed by atoms with Crippen LogP contribution in [0.15, 0.2) is 18.2 Å². The van der Waals surface area contributed by atoms with Gasteiger partial charge in [0.2, 0.25) is 0 Å². The lowest BCUT2D eigenvalue weighted by Crippen LogP contribution is -2.34. The van der Waals surface area contributed by atoms with Gasteiger partial charge in [0.15, 0.2) is 0 Å². The van der Waals surface area contributed by atoms with Gasteiger partial charge < -0.3 is 19.7 Å². The molecule has 0 aromatic heterocycles. The molecule has 0 bridgehead atoms. The van der Waals surface area contributed by atoms with Crippen molar-refractivity contribution in [2.45, 2.75) is 12.8 Å². The van der Waals surface area contributed by atoms with Gasteiger partial charge in [-0.15, -0.1) is 0 Å². The zero-order valence-electron chi connectivity index (χ0n) is 12.1. The smallest absolute Gasteiger partial charge is 0.142 e. The molecule has 4 nitrogen and oxygen atoms in total. The Balaban J connectivity index is 2.09. The first-order valence-corrected chi connectivity index (χ1v) is 6.88. The summed E-state index contributed by atoms with van der Waals surface area (Å²) in [6.45, 7) is 3.33. The summed E-state index contributed by atoms with van der Waals surface area (Å²) in [6, 6.07) is 5.94. The molecule has 1 aliphatic rings. The lowest BCUT2D eigenvalue weighted by Gasteiger charge is -2.29. The molecular weight excluding hydrogens is 240 g/mol. The van der Waals surface area contributed by atoms with E-state index in [1.54, 1.807) is 14.2 Å². The monoisotopic (exact) mass is 264 g/mol. The van der Waals surface area contributed by atoms with Crippen molar-refractivity contribution in [1.29, 1.82) is 0 Å². The zero-order valence-corrected chi connectivity index (χ0v) is 12.1.